The Morgan fingerprint density at radius 3 is 2.07 bits per heavy atom. The van der Waals surface area contributed by atoms with Gasteiger partial charge in [-0.25, -0.2) is 30.6 Å². The van der Waals surface area contributed by atoms with Crippen LogP contribution >= 0.6 is 10.7 Å². The average Bonchev–Trinajstić information content (AvgIpc) is 3.02. The normalized spacial score (nSPS) is 18.2. The number of rotatable bonds is 8. The predicted molar refractivity (Wildman–Crippen MR) is 160 cm³/mol. The number of nitrogens with two attached hydrogens (primary N) is 2. The Bertz CT molecular complexity index is 1600. The van der Waals surface area contributed by atoms with E-state index < -0.39 is 62.4 Å². The second kappa shape index (κ2) is 13.2. The van der Waals surface area contributed by atoms with Crippen molar-refractivity contribution in [2.75, 3.05) is 17.2 Å². The van der Waals surface area contributed by atoms with Crippen molar-refractivity contribution < 1.29 is 36.5 Å². The third-order valence-electron chi connectivity index (χ3n) is 8.44. The van der Waals surface area contributed by atoms with Crippen LogP contribution in [-0.2, 0) is 11.3 Å². The summed E-state index contributed by atoms with van der Waals surface area (Å²) in [6.45, 7) is 1.50. The number of halogens is 6. The van der Waals surface area contributed by atoms with Crippen LogP contribution < -0.4 is 16.0 Å². The number of benzene rings is 3. The van der Waals surface area contributed by atoms with Crippen LogP contribution in [0.4, 0.5) is 37.7 Å². The minimum Gasteiger partial charge on any atom is -0.396 e. The van der Waals surface area contributed by atoms with E-state index in [9.17, 15) is 26.7 Å². The van der Waals surface area contributed by atoms with Crippen LogP contribution in [-0.4, -0.2) is 34.4 Å². The highest BCUT2D eigenvalue weighted by atomic mass is 32.2. The molecule has 3 aromatic rings. The molecule has 1 unspecified atom stereocenters. The van der Waals surface area contributed by atoms with Gasteiger partial charge in [0.1, 0.15) is 6.04 Å². The number of nitrogens with zero attached hydrogens (tertiary/aromatic N) is 2. The Morgan fingerprint density at radius 1 is 0.909 bits per heavy atom. The summed E-state index contributed by atoms with van der Waals surface area (Å²) in [6, 6.07) is 9.58. The minimum atomic E-state index is -2.26. The number of hydrogen-bond acceptors (Lipinski definition) is 3. The van der Waals surface area contributed by atoms with Gasteiger partial charge in [-0.15, -0.1) is 0 Å². The van der Waals surface area contributed by atoms with E-state index in [0.717, 1.165) is 19.1 Å². The van der Waals surface area contributed by atoms with E-state index in [1.54, 1.807) is 0 Å². The second-order valence-electron chi connectivity index (χ2n) is 11.0. The third kappa shape index (κ3) is 5.77. The summed E-state index contributed by atoms with van der Waals surface area (Å²) >= 11 is 0. The van der Waals surface area contributed by atoms with Crippen LogP contribution in [0.2, 0.25) is 0 Å². The zero-order valence-corrected chi connectivity index (χ0v) is 24.9. The maximum atomic E-state index is 15.6. The second-order valence-corrected chi connectivity index (χ2v) is 12.9. The fourth-order valence-corrected chi connectivity index (χ4v) is 7.97. The molecule has 1 saturated carbocycles. The average molecular weight is 636 g/mol. The number of amides is 1. The van der Waals surface area contributed by atoms with Crippen molar-refractivity contribution in [3.63, 3.8) is 0 Å². The highest BCUT2D eigenvalue weighted by molar-refractivity contribution is 8.13. The summed E-state index contributed by atoms with van der Waals surface area (Å²) in [6.07, 6.45) is 7.14. The Kier molecular flexibility index (Phi) is 9.50. The van der Waals surface area contributed by atoms with Crippen LogP contribution in [0.5, 0.6) is 0 Å². The lowest BCUT2D eigenvalue weighted by Crippen LogP contribution is -2.55. The molecule has 0 spiro atoms. The molecule has 12 heteroatoms. The van der Waals surface area contributed by atoms with Crippen LogP contribution in [0.25, 0.3) is 0 Å². The van der Waals surface area contributed by atoms with E-state index in [1.807, 2.05) is 24.3 Å². The molecule has 0 bridgehead atoms. The molecule has 1 aliphatic heterocycles. The maximum absolute atomic E-state index is 15.6. The molecule has 2 aliphatic rings. The number of hydrogen-bond donors (Lipinski definition) is 2. The van der Waals surface area contributed by atoms with Crippen molar-refractivity contribution in [2.24, 2.45) is 0 Å². The fraction of sp³-hybridized carbons (Fsp3) is 0.344. The monoisotopic (exact) mass is 635 g/mol. The van der Waals surface area contributed by atoms with Crippen molar-refractivity contribution in [3.05, 3.63) is 88.0 Å². The first-order chi connectivity index (χ1) is 21.1. The molecule has 3 aromatic carbocycles. The first-order valence-corrected chi connectivity index (χ1v) is 15.7. The maximum Gasteiger partial charge on any atom is 0.245 e. The summed E-state index contributed by atoms with van der Waals surface area (Å²) in [5.74, 6) is -11.3. The predicted octanol–water partition coefficient (Wildman–Crippen LogP) is 6.00. The van der Waals surface area contributed by atoms with Crippen LogP contribution in [0.3, 0.4) is 0 Å². The zero-order chi connectivity index (χ0) is 31.7. The summed E-state index contributed by atoms with van der Waals surface area (Å²) in [7, 11) is -1.77. The van der Waals surface area contributed by atoms with Crippen molar-refractivity contribution >= 4 is 39.5 Å². The summed E-state index contributed by atoms with van der Waals surface area (Å²) in [4.78, 5) is 14.3. The number of nitrogen functional groups attached to an aromatic ring is 1. The molecule has 5 nitrogen and oxygen atoms in total. The van der Waals surface area contributed by atoms with Crippen LogP contribution in [0.1, 0.15) is 68.1 Å². The van der Waals surface area contributed by atoms with Crippen molar-refractivity contribution in [1.82, 2.24) is 4.31 Å². The van der Waals surface area contributed by atoms with Gasteiger partial charge in [-0.05, 0) is 60.7 Å². The quantitative estimate of drug-likeness (QED) is 0.0797. The lowest BCUT2D eigenvalue weighted by atomic mass is 9.84. The minimum absolute atomic E-state index is 0.0533. The Morgan fingerprint density at radius 2 is 1.52 bits per heavy atom. The number of carbonyl (C=O) groups excluding carboxylic acids is 1. The van der Waals surface area contributed by atoms with Crippen LogP contribution in [0, 0.1) is 34.9 Å². The molecule has 2 fully saturated rings. The van der Waals surface area contributed by atoms with E-state index in [4.69, 9.17) is 11.1 Å². The highest BCUT2D eigenvalue weighted by Crippen LogP contribution is 2.44. The number of carbonyl (C=O) groups is 1. The third-order valence-corrected chi connectivity index (χ3v) is 10.6. The Labute approximate surface area is 254 Å². The molecule has 0 aromatic heterocycles. The van der Waals surface area contributed by atoms with Gasteiger partial charge in [-0.1, -0.05) is 54.2 Å². The summed E-state index contributed by atoms with van der Waals surface area (Å²) in [5.41, 5.74) is 7.72. The van der Waals surface area contributed by atoms with Crippen molar-refractivity contribution in [1.29, 1.82) is 0 Å². The molecule has 5 rings (SSSR count). The summed E-state index contributed by atoms with van der Waals surface area (Å²) < 4.78 is 88.6. The van der Waals surface area contributed by atoms with Gasteiger partial charge in [0.15, 0.2) is 35.3 Å². The first-order valence-electron chi connectivity index (χ1n) is 14.4. The highest BCUT2D eigenvalue weighted by Gasteiger charge is 2.42. The SMILES string of the molecule is C/C=S(\c1c(F)c(F)c(F)c(F)c1F)N1CC[C@@H]1C(=O)N(Cc1ccc(C2CCCCC2)cc1)c1ccc(C=[NH2+])c(N)c1F. The molecule has 1 saturated heterocycles. The lowest BCUT2D eigenvalue weighted by Gasteiger charge is -2.43. The van der Waals surface area contributed by atoms with Gasteiger partial charge in [0.05, 0.1) is 28.4 Å². The van der Waals surface area contributed by atoms with Crippen LogP contribution in [0.15, 0.2) is 41.3 Å². The van der Waals surface area contributed by atoms with E-state index in [-0.39, 0.29) is 36.4 Å². The first kappa shape index (κ1) is 31.8. The molecule has 234 valence electrons. The molecule has 1 heterocycles. The molecule has 1 amide bonds. The fourth-order valence-electron chi connectivity index (χ4n) is 5.91. The molecular weight excluding hydrogens is 602 g/mol. The summed E-state index contributed by atoms with van der Waals surface area (Å²) in [5, 5.41) is 6.85. The largest absolute Gasteiger partial charge is 0.396 e. The topological polar surface area (TPSA) is 75.2 Å². The van der Waals surface area contributed by atoms with Gasteiger partial charge in [-0.2, -0.15) is 0 Å². The van der Waals surface area contributed by atoms with Gasteiger partial charge < -0.3 is 10.6 Å². The molecule has 2 atom stereocenters. The Balaban J connectivity index is 1.50. The number of anilines is 2. The van der Waals surface area contributed by atoms with E-state index in [2.05, 4.69) is 0 Å². The van der Waals surface area contributed by atoms with Gasteiger partial charge in [0, 0.05) is 6.54 Å². The zero-order valence-electron chi connectivity index (χ0n) is 24.1. The Hall–Kier alpha value is -3.64. The van der Waals surface area contributed by atoms with Gasteiger partial charge in [0.2, 0.25) is 11.7 Å². The smallest absolute Gasteiger partial charge is 0.245 e. The van der Waals surface area contributed by atoms with Gasteiger partial charge >= 0.3 is 0 Å². The standard InChI is InChI=1S/C32H32F6N4OS/c1-2-44(31-28(37)26(35)25(34)27(36)29(31)38)42-15-14-23(42)32(43)41(22-13-12-21(16-39)30(40)24(22)33)17-18-8-10-20(11-9-18)19-6-4-3-5-7-19/h2,8-13,16,19,23,39H,3-7,14-15,17,40H2,1H3/p+1/t23-,44?/m1/s1. The van der Waals surface area contributed by atoms with E-state index in [1.165, 1.54) is 58.5 Å². The van der Waals surface area contributed by atoms with Crippen molar-refractivity contribution in [3.8, 4) is 0 Å². The molecular formula is C32H33F6N4OS+. The van der Waals surface area contributed by atoms with Gasteiger partial charge in [-0.3, -0.25) is 10.2 Å². The van der Waals surface area contributed by atoms with E-state index >= 15 is 4.39 Å². The van der Waals surface area contributed by atoms with Crippen molar-refractivity contribution in [2.45, 2.75) is 68.8 Å². The lowest BCUT2D eigenvalue weighted by molar-refractivity contribution is -0.124. The molecule has 1 aliphatic carbocycles. The van der Waals surface area contributed by atoms with Gasteiger partial charge in [0.25, 0.3) is 0 Å². The van der Waals surface area contributed by atoms with E-state index in [0.29, 0.717) is 11.5 Å². The molecule has 44 heavy (non-hydrogen) atoms. The molecule has 0 radical (unpaired) electrons. The molecule has 4 N–H and O–H groups in total.